The van der Waals surface area contributed by atoms with Crippen molar-refractivity contribution in [2.24, 2.45) is 11.5 Å². The fraction of sp³-hybridized carbons (Fsp3) is 0.333. The Bertz CT molecular complexity index is 534. The highest BCUT2D eigenvalue weighted by molar-refractivity contribution is 5.47. The van der Waals surface area contributed by atoms with Crippen LogP contribution in [0.1, 0.15) is 23.0 Å². The molecule has 2 atom stereocenters. The molecule has 3 heteroatoms. The summed E-state index contributed by atoms with van der Waals surface area (Å²) in [4.78, 5) is 2.10. The number of hydrogen-bond donors (Lipinski definition) is 2. The molecule has 0 fully saturated rings. The second-order valence-corrected chi connectivity index (χ2v) is 5.58. The molecule has 0 saturated heterocycles. The number of benzene rings is 2. The standard InChI is InChI=1S/C18H25N3/c1-21(2)16-10-8-15(9-11-16)18(13-20)17(12-19)14-6-4-3-5-7-14/h3-11,17-18H,12-13,19-20H2,1-2H3. The third-order valence-electron chi connectivity index (χ3n) is 4.06. The quantitative estimate of drug-likeness (QED) is 0.856. The van der Waals surface area contributed by atoms with Crippen molar-refractivity contribution in [3.63, 3.8) is 0 Å². The SMILES string of the molecule is CN(C)c1ccc(C(CN)C(CN)c2ccccc2)cc1. The van der Waals surface area contributed by atoms with Gasteiger partial charge in [0, 0.05) is 31.6 Å². The Hall–Kier alpha value is -1.84. The third kappa shape index (κ3) is 3.63. The van der Waals surface area contributed by atoms with Gasteiger partial charge in [0.2, 0.25) is 0 Å². The molecule has 2 unspecified atom stereocenters. The van der Waals surface area contributed by atoms with Crippen LogP contribution >= 0.6 is 0 Å². The largest absolute Gasteiger partial charge is 0.378 e. The van der Waals surface area contributed by atoms with Gasteiger partial charge in [0.05, 0.1) is 0 Å². The molecule has 21 heavy (non-hydrogen) atoms. The Morgan fingerprint density at radius 2 is 1.24 bits per heavy atom. The summed E-state index contributed by atoms with van der Waals surface area (Å²) >= 11 is 0. The molecule has 112 valence electrons. The molecule has 2 aromatic rings. The van der Waals surface area contributed by atoms with E-state index in [0.717, 1.165) is 0 Å². The zero-order valence-corrected chi connectivity index (χ0v) is 12.9. The molecule has 0 saturated carbocycles. The minimum absolute atomic E-state index is 0.244. The van der Waals surface area contributed by atoms with E-state index in [4.69, 9.17) is 11.5 Å². The van der Waals surface area contributed by atoms with E-state index in [1.807, 2.05) is 20.2 Å². The molecule has 0 bridgehead atoms. The molecule has 0 spiro atoms. The highest BCUT2D eigenvalue weighted by Gasteiger charge is 2.22. The van der Waals surface area contributed by atoms with Gasteiger partial charge in [0.15, 0.2) is 0 Å². The van der Waals surface area contributed by atoms with Crippen LogP contribution < -0.4 is 16.4 Å². The first-order chi connectivity index (χ1) is 10.2. The zero-order chi connectivity index (χ0) is 15.2. The van der Waals surface area contributed by atoms with Crippen LogP contribution in [0.15, 0.2) is 54.6 Å². The number of hydrogen-bond acceptors (Lipinski definition) is 3. The second kappa shape index (κ2) is 7.25. The van der Waals surface area contributed by atoms with Crippen molar-refractivity contribution in [3.8, 4) is 0 Å². The van der Waals surface area contributed by atoms with Gasteiger partial charge in [-0.3, -0.25) is 0 Å². The summed E-state index contributed by atoms with van der Waals surface area (Å²) < 4.78 is 0. The van der Waals surface area contributed by atoms with Crippen molar-refractivity contribution in [2.45, 2.75) is 11.8 Å². The lowest BCUT2D eigenvalue weighted by atomic mass is 9.81. The number of anilines is 1. The smallest absolute Gasteiger partial charge is 0.0361 e. The zero-order valence-electron chi connectivity index (χ0n) is 12.9. The van der Waals surface area contributed by atoms with E-state index in [2.05, 4.69) is 53.4 Å². The Morgan fingerprint density at radius 3 is 1.67 bits per heavy atom. The van der Waals surface area contributed by atoms with Crippen molar-refractivity contribution in [1.29, 1.82) is 0 Å². The van der Waals surface area contributed by atoms with Crippen LogP contribution in [0, 0.1) is 0 Å². The first kappa shape index (κ1) is 15.5. The van der Waals surface area contributed by atoms with Crippen LogP contribution in [-0.4, -0.2) is 27.2 Å². The van der Waals surface area contributed by atoms with Crippen molar-refractivity contribution in [2.75, 3.05) is 32.1 Å². The summed E-state index contributed by atoms with van der Waals surface area (Å²) in [6, 6.07) is 19.0. The third-order valence-corrected chi connectivity index (χ3v) is 4.06. The van der Waals surface area contributed by atoms with Crippen LogP contribution in [0.4, 0.5) is 5.69 Å². The average molecular weight is 283 g/mol. The summed E-state index contributed by atoms with van der Waals surface area (Å²) in [6.45, 7) is 1.19. The fourth-order valence-corrected chi connectivity index (χ4v) is 2.79. The Kier molecular flexibility index (Phi) is 5.37. The Morgan fingerprint density at radius 1 is 0.762 bits per heavy atom. The molecule has 0 aromatic heterocycles. The van der Waals surface area contributed by atoms with E-state index in [-0.39, 0.29) is 11.8 Å². The summed E-state index contributed by atoms with van der Waals surface area (Å²) in [5.74, 6) is 0.495. The molecule has 0 aliphatic heterocycles. The predicted octanol–water partition coefficient (Wildman–Crippen LogP) is 2.54. The lowest BCUT2D eigenvalue weighted by Crippen LogP contribution is -2.26. The minimum Gasteiger partial charge on any atom is -0.378 e. The molecule has 0 amide bonds. The molecule has 4 N–H and O–H groups in total. The number of nitrogens with two attached hydrogens (primary N) is 2. The predicted molar refractivity (Wildman–Crippen MR) is 90.8 cm³/mol. The molecule has 2 aromatic carbocycles. The van der Waals surface area contributed by atoms with Crippen molar-refractivity contribution < 1.29 is 0 Å². The Labute approximate surface area is 127 Å². The van der Waals surface area contributed by atoms with Gasteiger partial charge in [-0.2, -0.15) is 0 Å². The molecule has 2 rings (SSSR count). The van der Waals surface area contributed by atoms with Gasteiger partial charge in [-0.05, 0) is 36.3 Å². The van der Waals surface area contributed by atoms with Crippen molar-refractivity contribution in [3.05, 3.63) is 65.7 Å². The minimum atomic E-state index is 0.244. The van der Waals surface area contributed by atoms with Crippen LogP contribution in [0.25, 0.3) is 0 Å². The Balaban J connectivity index is 2.29. The highest BCUT2D eigenvalue weighted by atomic mass is 15.1. The highest BCUT2D eigenvalue weighted by Crippen LogP contribution is 2.32. The monoisotopic (exact) mass is 283 g/mol. The van der Waals surface area contributed by atoms with Gasteiger partial charge >= 0.3 is 0 Å². The van der Waals surface area contributed by atoms with E-state index in [0.29, 0.717) is 13.1 Å². The summed E-state index contributed by atoms with van der Waals surface area (Å²) in [5.41, 5.74) is 15.8. The van der Waals surface area contributed by atoms with Gasteiger partial charge in [0.1, 0.15) is 0 Å². The van der Waals surface area contributed by atoms with Gasteiger partial charge in [-0.25, -0.2) is 0 Å². The molecular weight excluding hydrogens is 258 g/mol. The van der Waals surface area contributed by atoms with E-state index in [1.165, 1.54) is 16.8 Å². The number of rotatable bonds is 6. The van der Waals surface area contributed by atoms with Gasteiger partial charge < -0.3 is 16.4 Å². The van der Waals surface area contributed by atoms with Crippen LogP contribution in [0.3, 0.4) is 0 Å². The molecule has 0 heterocycles. The van der Waals surface area contributed by atoms with Crippen LogP contribution in [0.2, 0.25) is 0 Å². The summed E-state index contributed by atoms with van der Waals surface area (Å²) in [5, 5.41) is 0. The maximum atomic E-state index is 6.05. The molecule has 3 nitrogen and oxygen atoms in total. The lowest BCUT2D eigenvalue weighted by Gasteiger charge is -2.26. The maximum Gasteiger partial charge on any atom is 0.0361 e. The molecule has 0 aliphatic carbocycles. The number of nitrogens with zero attached hydrogens (tertiary/aromatic N) is 1. The van der Waals surface area contributed by atoms with E-state index in [1.54, 1.807) is 0 Å². The topological polar surface area (TPSA) is 55.3 Å². The summed E-state index contributed by atoms with van der Waals surface area (Å²) in [7, 11) is 4.09. The molecular formula is C18H25N3. The van der Waals surface area contributed by atoms with Crippen molar-refractivity contribution in [1.82, 2.24) is 0 Å². The molecule has 0 radical (unpaired) electrons. The fourth-order valence-electron chi connectivity index (χ4n) is 2.79. The first-order valence-electron chi connectivity index (χ1n) is 7.39. The second-order valence-electron chi connectivity index (χ2n) is 5.58. The van der Waals surface area contributed by atoms with Gasteiger partial charge in [-0.1, -0.05) is 42.5 Å². The maximum absolute atomic E-state index is 6.05. The van der Waals surface area contributed by atoms with Crippen LogP contribution in [0.5, 0.6) is 0 Å². The lowest BCUT2D eigenvalue weighted by molar-refractivity contribution is 0.553. The van der Waals surface area contributed by atoms with E-state index < -0.39 is 0 Å². The summed E-state index contributed by atoms with van der Waals surface area (Å²) in [6.07, 6.45) is 0. The first-order valence-corrected chi connectivity index (χ1v) is 7.39. The average Bonchev–Trinajstić information content (AvgIpc) is 2.53. The normalized spacial score (nSPS) is 13.7. The van der Waals surface area contributed by atoms with E-state index in [9.17, 15) is 0 Å². The van der Waals surface area contributed by atoms with Crippen LogP contribution in [-0.2, 0) is 0 Å². The van der Waals surface area contributed by atoms with Crippen molar-refractivity contribution >= 4 is 5.69 Å². The molecule has 0 aliphatic rings. The van der Waals surface area contributed by atoms with Gasteiger partial charge in [-0.15, -0.1) is 0 Å². The van der Waals surface area contributed by atoms with E-state index >= 15 is 0 Å². The van der Waals surface area contributed by atoms with Gasteiger partial charge in [0.25, 0.3) is 0 Å².